The summed E-state index contributed by atoms with van der Waals surface area (Å²) in [6, 6.07) is 12.1. The van der Waals surface area contributed by atoms with Crippen LogP contribution in [0.2, 0.25) is 0 Å². The van der Waals surface area contributed by atoms with Gasteiger partial charge < -0.3 is 14.7 Å². The van der Waals surface area contributed by atoms with E-state index >= 15 is 0 Å². The average Bonchev–Trinajstić information content (AvgIpc) is 2.83. The molecule has 0 fully saturated rings. The van der Waals surface area contributed by atoms with E-state index < -0.39 is 18.9 Å². The SMILES string of the molecule is [2H]/C(=C1\c2ccccc2COc2ccc(CC(=C)O)cc21)C([2H])([2H])C([2H])([2H])N(C)C. The molecule has 0 bridgehead atoms. The summed E-state index contributed by atoms with van der Waals surface area (Å²) in [6.07, 6.45) is -2.40. The number of hydrogen-bond donors (Lipinski definition) is 1. The van der Waals surface area contributed by atoms with Gasteiger partial charge in [0.25, 0.3) is 0 Å². The molecule has 25 heavy (non-hydrogen) atoms. The molecule has 1 heterocycles. The molecular formula is C22H25NO2. The third kappa shape index (κ3) is 4.12. The topological polar surface area (TPSA) is 32.7 Å². The summed E-state index contributed by atoms with van der Waals surface area (Å²) >= 11 is 0. The molecular weight excluding hydrogens is 310 g/mol. The summed E-state index contributed by atoms with van der Waals surface area (Å²) in [6.45, 7) is 1.35. The molecule has 3 heteroatoms. The van der Waals surface area contributed by atoms with Crippen molar-refractivity contribution in [2.75, 3.05) is 20.6 Å². The number of hydrogen-bond acceptors (Lipinski definition) is 3. The van der Waals surface area contributed by atoms with Crippen LogP contribution in [0.15, 0.2) is 60.9 Å². The van der Waals surface area contributed by atoms with Gasteiger partial charge >= 0.3 is 0 Å². The maximum atomic E-state index is 9.61. The van der Waals surface area contributed by atoms with Gasteiger partial charge in [-0.25, -0.2) is 0 Å². The Balaban J connectivity index is 2.34. The Hall–Kier alpha value is -2.52. The van der Waals surface area contributed by atoms with Crippen LogP contribution in [0.3, 0.4) is 0 Å². The predicted octanol–water partition coefficient (Wildman–Crippen LogP) is 4.58. The van der Waals surface area contributed by atoms with E-state index in [0.29, 0.717) is 16.9 Å². The van der Waals surface area contributed by atoms with E-state index in [-0.39, 0.29) is 24.4 Å². The first-order chi connectivity index (χ1) is 14.0. The monoisotopic (exact) mass is 340 g/mol. The van der Waals surface area contributed by atoms with Crippen LogP contribution in [0, 0.1) is 0 Å². The molecule has 1 aliphatic rings. The minimum absolute atomic E-state index is 0.0132. The van der Waals surface area contributed by atoms with Crippen LogP contribution in [0.25, 0.3) is 5.57 Å². The highest BCUT2D eigenvalue weighted by Crippen LogP contribution is 2.37. The fraction of sp³-hybridized carbons (Fsp3) is 0.273. The predicted molar refractivity (Wildman–Crippen MR) is 103 cm³/mol. The van der Waals surface area contributed by atoms with Crippen molar-refractivity contribution in [1.29, 1.82) is 0 Å². The smallest absolute Gasteiger partial charge is 0.127 e. The number of ether oxygens (including phenoxy) is 1. The van der Waals surface area contributed by atoms with Gasteiger partial charge in [0, 0.05) is 24.0 Å². The molecule has 0 radical (unpaired) electrons. The molecule has 0 saturated carbocycles. The molecule has 0 aliphatic carbocycles. The van der Waals surface area contributed by atoms with Crippen LogP contribution >= 0.6 is 0 Å². The lowest BCUT2D eigenvalue weighted by Crippen LogP contribution is -2.12. The van der Waals surface area contributed by atoms with Crippen LogP contribution in [0.4, 0.5) is 0 Å². The number of rotatable bonds is 5. The second-order valence-electron chi connectivity index (χ2n) is 6.15. The van der Waals surface area contributed by atoms with E-state index in [0.717, 1.165) is 16.0 Å². The van der Waals surface area contributed by atoms with Gasteiger partial charge in [-0.2, -0.15) is 0 Å². The van der Waals surface area contributed by atoms with Gasteiger partial charge in [-0.3, -0.25) is 0 Å². The minimum Gasteiger partial charge on any atom is -0.513 e. The molecule has 0 spiro atoms. The van der Waals surface area contributed by atoms with Crippen molar-refractivity contribution in [1.82, 2.24) is 4.90 Å². The Morgan fingerprint density at radius 1 is 1.32 bits per heavy atom. The van der Waals surface area contributed by atoms with Gasteiger partial charge in [0.15, 0.2) is 0 Å². The molecule has 1 aliphatic heterocycles. The molecule has 0 atom stereocenters. The van der Waals surface area contributed by atoms with Crippen molar-refractivity contribution in [2.45, 2.75) is 19.4 Å². The molecule has 0 saturated heterocycles. The summed E-state index contributed by atoms with van der Waals surface area (Å²) in [4.78, 5) is 1.13. The van der Waals surface area contributed by atoms with E-state index in [2.05, 4.69) is 6.58 Å². The molecule has 0 amide bonds. The van der Waals surface area contributed by atoms with E-state index in [1.54, 1.807) is 30.3 Å². The average molecular weight is 340 g/mol. The summed E-state index contributed by atoms with van der Waals surface area (Å²) in [5.74, 6) is 0.459. The highest BCUT2D eigenvalue weighted by atomic mass is 16.5. The van der Waals surface area contributed by atoms with E-state index in [4.69, 9.17) is 11.6 Å². The lowest BCUT2D eigenvalue weighted by Gasteiger charge is -2.13. The Labute approximate surface area is 156 Å². The van der Waals surface area contributed by atoms with Gasteiger partial charge in [-0.05, 0) is 54.9 Å². The van der Waals surface area contributed by atoms with E-state index in [1.165, 1.54) is 14.1 Å². The number of aliphatic hydroxyl groups is 1. The Morgan fingerprint density at radius 3 is 2.88 bits per heavy atom. The summed E-state index contributed by atoms with van der Waals surface area (Å²) in [5.41, 5.74) is 2.90. The van der Waals surface area contributed by atoms with Crippen LogP contribution < -0.4 is 4.74 Å². The zero-order valence-electron chi connectivity index (χ0n) is 19.5. The fourth-order valence-electron chi connectivity index (χ4n) is 2.77. The Kier molecular flexibility index (Phi) is 3.62. The zero-order chi connectivity index (χ0) is 22.3. The highest BCUT2D eigenvalue weighted by Gasteiger charge is 2.19. The van der Waals surface area contributed by atoms with Crippen molar-refractivity contribution in [3.05, 3.63) is 83.1 Å². The van der Waals surface area contributed by atoms with E-state index in [9.17, 15) is 5.11 Å². The largest absolute Gasteiger partial charge is 0.513 e. The van der Waals surface area contributed by atoms with Crippen molar-refractivity contribution in [2.24, 2.45) is 0 Å². The highest BCUT2D eigenvalue weighted by molar-refractivity contribution is 5.85. The Morgan fingerprint density at radius 2 is 2.12 bits per heavy atom. The molecule has 3 nitrogen and oxygen atoms in total. The molecule has 0 unspecified atom stereocenters. The molecule has 3 rings (SSSR count). The molecule has 2 aromatic rings. The minimum atomic E-state index is -2.61. The Bertz CT molecular complexity index is 1010. The van der Waals surface area contributed by atoms with Crippen molar-refractivity contribution in [3.8, 4) is 5.75 Å². The molecule has 130 valence electrons. The van der Waals surface area contributed by atoms with Crippen LogP contribution in [0.1, 0.15) is 35.5 Å². The maximum absolute atomic E-state index is 9.61. The first-order valence-electron chi connectivity index (χ1n) is 10.6. The molecule has 2 aromatic carbocycles. The van der Waals surface area contributed by atoms with Gasteiger partial charge in [0.1, 0.15) is 12.4 Å². The number of fused-ring (bicyclic) bond motifs is 2. The van der Waals surface area contributed by atoms with Gasteiger partial charge in [0.05, 0.1) is 7.13 Å². The van der Waals surface area contributed by atoms with Gasteiger partial charge in [0.2, 0.25) is 0 Å². The first-order valence-corrected chi connectivity index (χ1v) is 8.06. The second-order valence-corrected chi connectivity index (χ2v) is 6.15. The first kappa shape index (κ1) is 11.9. The lowest BCUT2D eigenvalue weighted by atomic mass is 9.92. The normalized spacial score (nSPS) is 19.1. The number of aliphatic hydroxyl groups excluding tert-OH is 1. The summed E-state index contributed by atoms with van der Waals surface area (Å²) in [5, 5.41) is 9.61. The fourth-order valence-corrected chi connectivity index (χ4v) is 2.77. The van der Waals surface area contributed by atoms with Crippen molar-refractivity contribution >= 4 is 5.57 Å². The second kappa shape index (κ2) is 7.58. The van der Waals surface area contributed by atoms with Gasteiger partial charge in [-0.1, -0.05) is 43.0 Å². The third-order valence-corrected chi connectivity index (χ3v) is 3.86. The number of nitrogens with zero attached hydrogens (tertiary/aromatic N) is 1. The zero-order valence-corrected chi connectivity index (χ0v) is 14.5. The quantitative estimate of drug-likeness (QED) is 0.809. The summed E-state index contributed by atoms with van der Waals surface area (Å²) < 4.78 is 48.4. The molecule has 1 N–H and O–H groups in total. The van der Waals surface area contributed by atoms with Crippen molar-refractivity contribution in [3.63, 3.8) is 0 Å². The number of benzene rings is 2. The maximum Gasteiger partial charge on any atom is 0.127 e. The van der Waals surface area contributed by atoms with Crippen molar-refractivity contribution < 1.29 is 16.7 Å². The van der Waals surface area contributed by atoms with Gasteiger partial charge in [-0.15, -0.1) is 0 Å². The van der Waals surface area contributed by atoms with Crippen LogP contribution in [-0.2, 0) is 13.0 Å². The molecule has 0 aromatic heterocycles. The third-order valence-electron chi connectivity index (χ3n) is 3.86. The van der Waals surface area contributed by atoms with Crippen LogP contribution in [-0.4, -0.2) is 30.6 Å². The van der Waals surface area contributed by atoms with Crippen LogP contribution in [0.5, 0.6) is 5.75 Å². The van der Waals surface area contributed by atoms with E-state index in [1.807, 2.05) is 12.1 Å². The standard InChI is InChI=1S/C22H25NO2/c1-16(24)13-17-10-11-22-21(14-17)20(9-6-12-23(2)3)19-8-5-4-7-18(19)15-25-22/h4-5,7-11,14,24H,1,6,12-13,15H2,2-3H3/b20-9-/i6D2,9D,12D2. The summed E-state index contributed by atoms with van der Waals surface area (Å²) in [7, 11) is 2.89. The number of allylic oxidation sites excluding steroid dienone is 1. The lowest BCUT2D eigenvalue weighted by molar-refractivity contribution is 0.307.